The molecule has 92 valence electrons. The van der Waals surface area contributed by atoms with Crippen LogP contribution in [-0.4, -0.2) is 15.6 Å². The van der Waals surface area contributed by atoms with Gasteiger partial charge in [0.2, 0.25) is 0 Å². The highest BCUT2D eigenvalue weighted by molar-refractivity contribution is 7.27. The van der Waals surface area contributed by atoms with Crippen LogP contribution < -0.4 is 0 Å². The zero-order valence-electron chi connectivity index (χ0n) is 9.92. The SMILES string of the molecule is Cn1nccc1CCC(=O)c1cc2sccc2s1. The number of ketones is 1. The van der Waals surface area contributed by atoms with E-state index in [-0.39, 0.29) is 5.78 Å². The summed E-state index contributed by atoms with van der Waals surface area (Å²) >= 11 is 3.28. The molecule has 3 heterocycles. The molecule has 0 atom stereocenters. The van der Waals surface area contributed by atoms with Gasteiger partial charge in [0.1, 0.15) is 0 Å². The van der Waals surface area contributed by atoms with E-state index in [1.807, 2.05) is 23.9 Å². The van der Waals surface area contributed by atoms with Crippen LogP contribution in [0, 0.1) is 0 Å². The van der Waals surface area contributed by atoms with E-state index >= 15 is 0 Å². The summed E-state index contributed by atoms with van der Waals surface area (Å²) in [6.07, 6.45) is 3.06. The predicted octanol–water partition coefficient (Wildman–Crippen LogP) is 3.51. The Balaban J connectivity index is 1.72. The number of nitrogens with zero attached hydrogens (tertiary/aromatic N) is 2. The maximum atomic E-state index is 12.1. The summed E-state index contributed by atoms with van der Waals surface area (Å²) in [6, 6.07) is 6.04. The monoisotopic (exact) mass is 276 g/mol. The van der Waals surface area contributed by atoms with E-state index in [1.54, 1.807) is 28.9 Å². The van der Waals surface area contributed by atoms with Gasteiger partial charge in [-0.25, -0.2) is 0 Å². The summed E-state index contributed by atoms with van der Waals surface area (Å²) in [7, 11) is 1.90. The van der Waals surface area contributed by atoms with Crippen molar-refractivity contribution in [2.45, 2.75) is 12.8 Å². The Morgan fingerprint density at radius 1 is 1.39 bits per heavy atom. The molecule has 0 spiro atoms. The highest BCUT2D eigenvalue weighted by Crippen LogP contribution is 2.30. The topological polar surface area (TPSA) is 34.9 Å². The van der Waals surface area contributed by atoms with E-state index < -0.39 is 0 Å². The van der Waals surface area contributed by atoms with Crippen LogP contribution in [0.3, 0.4) is 0 Å². The van der Waals surface area contributed by atoms with Crippen molar-refractivity contribution in [3.8, 4) is 0 Å². The van der Waals surface area contributed by atoms with Crippen LogP contribution >= 0.6 is 22.7 Å². The van der Waals surface area contributed by atoms with Crippen LogP contribution in [0.2, 0.25) is 0 Å². The summed E-state index contributed by atoms with van der Waals surface area (Å²) in [5.41, 5.74) is 1.10. The van der Waals surface area contributed by atoms with Gasteiger partial charge in [0.05, 0.1) is 4.88 Å². The van der Waals surface area contributed by atoms with Gasteiger partial charge in [0.15, 0.2) is 5.78 Å². The van der Waals surface area contributed by atoms with Crippen LogP contribution in [-0.2, 0) is 13.5 Å². The molecule has 0 aromatic carbocycles. The Hall–Kier alpha value is -1.46. The second-order valence-corrected chi connectivity index (χ2v) is 6.16. The van der Waals surface area contributed by atoms with Gasteiger partial charge in [0.25, 0.3) is 0 Å². The average Bonchev–Trinajstić information content (AvgIpc) is 3.00. The number of fused-ring (bicyclic) bond motifs is 1. The Labute approximate surface area is 113 Å². The van der Waals surface area contributed by atoms with Crippen LogP contribution in [0.25, 0.3) is 9.40 Å². The number of thiophene rings is 2. The van der Waals surface area contributed by atoms with Gasteiger partial charge in [-0.1, -0.05) is 0 Å². The summed E-state index contributed by atoms with van der Waals surface area (Å²) in [6.45, 7) is 0. The number of carbonyl (C=O) groups excluding carboxylic acids is 1. The number of rotatable bonds is 4. The van der Waals surface area contributed by atoms with Crippen molar-refractivity contribution in [3.05, 3.63) is 40.3 Å². The molecule has 0 fully saturated rings. The van der Waals surface area contributed by atoms with Gasteiger partial charge >= 0.3 is 0 Å². The molecule has 3 aromatic rings. The molecule has 18 heavy (non-hydrogen) atoms. The van der Waals surface area contributed by atoms with Gasteiger partial charge in [-0.05, 0) is 30.0 Å². The van der Waals surface area contributed by atoms with E-state index in [0.717, 1.165) is 17.0 Å². The molecule has 0 aliphatic rings. The van der Waals surface area contributed by atoms with Crippen LogP contribution in [0.1, 0.15) is 21.8 Å². The van der Waals surface area contributed by atoms with E-state index in [9.17, 15) is 4.79 Å². The van der Waals surface area contributed by atoms with Gasteiger partial charge in [0, 0.05) is 34.8 Å². The van der Waals surface area contributed by atoms with E-state index in [1.165, 1.54) is 9.40 Å². The first-order valence-corrected chi connectivity index (χ1v) is 7.41. The number of hydrogen-bond donors (Lipinski definition) is 0. The highest BCUT2D eigenvalue weighted by atomic mass is 32.1. The Bertz CT molecular complexity index is 664. The third-order valence-electron chi connectivity index (χ3n) is 2.94. The maximum absolute atomic E-state index is 12.1. The number of aryl methyl sites for hydroxylation is 2. The van der Waals surface area contributed by atoms with Crippen molar-refractivity contribution in [1.82, 2.24) is 9.78 Å². The first-order chi connectivity index (χ1) is 8.74. The van der Waals surface area contributed by atoms with E-state index in [4.69, 9.17) is 0 Å². The van der Waals surface area contributed by atoms with Gasteiger partial charge in [-0.3, -0.25) is 9.48 Å². The van der Waals surface area contributed by atoms with Gasteiger partial charge in [-0.2, -0.15) is 5.10 Å². The summed E-state index contributed by atoms with van der Waals surface area (Å²) in [5.74, 6) is 0.226. The summed E-state index contributed by atoms with van der Waals surface area (Å²) in [5, 5.41) is 6.16. The molecule has 3 nitrogen and oxygen atoms in total. The minimum Gasteiger partial charge on any atom is -0.293 e. The molecule has 0 bridgehead atoms. The molecule has 0 saturated heterocycles. The third-order valence-corrected chi connectivity index (χ3v) is 5.08. The lowest BCUT2D eigenvalue weighted by Crippen LogP contribution is -2.03. The zero-order chi connectivity index (χ0) is 12.5. The molecular formula is C13H12N2OS2. The minimum absolute atomic E-state index is 0.226. The first-order valence-electron chi connectivity index (χ1n) is 5.71. The predicted molar refractivity (Wildman–Crippen MR) is 75.6 cm³/mol. The van der Waals surface area contributed by atoms with E-state index in [2.05, 4.69) is 16.5 Å². The smallest absolute Gasteiger partial charge is 0.173 e. The molecular weight excluding hydrogens is 264 g/mol. The zero-order valence-corrected chi connectivity index (χ0v) is 11.6. The lowest BCUT2D eigenvalue weighted by Gasteiger charge is -2.00. The van der Waals surface area contributed by atoms with Crippen molar-refractivity contribution in [2.75, 3.05) is 0 Å². The Kier molecular flexibility index (Phi) is 3.01. The first kappa shape index (κ1) is 11.6. The second kappa shape index (κ2) is 4.66. The maximum Gasteiger partial charge on any atom is 0.173 e. The van der Waals surface area contributed by atoms with Crippen molar-refractivity contribution in [3.63, 3.8) is 0 Å². The fourth-order valence-electron chi connectivity index (χ4n) is 1.91. The fourth-order valence-corrected chi connectivity index (χ4v) is 3.99. The van der Waals surface area contributed by atoms with Crippen molar-refractivity contribution in [2.24, 2.45) is 7.05 Å². The molecule has 0 saturated carbocycles. The number of hydrogen-bond acceptors (Lipinski definition) is 4. The van der Waals surface area contributed by atoms with Gasteiger partial charge in [-0.15, -0.1) is 22.7 Å². The molecule has 0 amide bonds. The van der Waals surface area contributed by atoms with Gasteiger partial charge < -0.3 is 0 Å². The number of carbonyl (C=O) groups is 1. The second-order valence-electron chi connectivity index (χ2n) is 4.13. The van der Waals surface area contributed by atoms with E-state index in [0.29, 0.717) is 6.42 Å². The molecule has 0 aliphatic carbocycles. The average molecular weight is 276 g/mol. The Morgan fingerprint density at radius 3 is 3.00 bits per heavy atom. The van der Waals surface area contributed by atoms with Crippen molar-refractivity contribution in [1.29, 1.82) is 0 Å². The quantitative estimate of drug-likeness (QED) is 0.683. The summed E-state index contributed by atoms with van der Waals surface area (Å²) in [4.78, 5) is 13.0. The van der Waals surface area contributed by atoms with Crippen molar-refractivity contribution < 1.29 is 4.79 Å². The van der Waals surface area contributed by atoms with Crippen molar-refractivity contribution >= 4 is 37.9 Å². The lowest BCUT2D eigenvalue weighted by molar-refractivity contribution is 0.0986. The molecule has 0 aliphatic heterocycles. The number of Topliss-reactive ketones (excluding diaryl/α,β-unsaturated/α-hetero) is 1. The Morgan fingerprint density at radius 2 is 2.28 bits per heavy atom. The molecule has 0 radical (unpaired) electrons. The molecule has 3 rings (SSSR count). The highest BCUT2D eigenvalue weighted by Gasteiger charge is 2.11. The molecule has 0 unspecified atom stereocenters. The van der Waals surface area contributed by atoms with Crippen LogP contribution in [0.4, 0.5) is 0 Å². The van der Waals surface area contributed by atoms with Crippen LogP contribution in [0.15, 0.2) is 29.8 Å². The normalized spacial score (nSPS) is 11.2. The fraction of sp³-hybridized carbons (Fsp3) is 0.231. The molecule has 0 N–H and O–H groups in total. The minimum atomic E-state index is 0.226. The third kappa shape index (κ3) is 2.11. The summed E-state index contributed by atoms with van der Waals surface area (Å²) < 4.78 is 4.24. The molecule has 5 heteroatoms. The number of aromatic nitrogens is 2. The molecule has 3 aromatic heterocycles. The van der Waals surface area contributed by atoms with Crippen LogP contribution in [0.5, 0.6) is 0 Å². The largest absolute Gasteiger partial charge is 0.293 e. The lowest BCUT2D eigenvalue weighted by atomic mass is 10.1. The standard InChI is InChI=1S/C13H12N2OS2/c1-15-9(4-6-14-15)2-3-10(16)12-8-13-11(18-12)5-7-17-13/h4-8H,2-3H2,1H3.